The van der Waals surface area contributed by atoms with Crippen LogP contribution in [0, 0.1) is 10.1 Å². The van der Waals surface area contributed by atoms with Gasteiger partial charge >= 0.3 is 0 Å². The number of anilines is 1. The van der Waals surface area contributed by atoms with Crippen LogP contribution in [0.15, 0.2) is 23.8 Å². The minimum absolute atomic E-state index is 0.0943. The average molecular weight is 338 g/mol. The molecule has 0 fully saturated rings. The Hall–Kier alpha value is -1.59. The third-order valence-electron chi connectivity index (χ3n) is 4.51. The van der Waals surface area contributed by atoms with Crippen molar-refractivity contribution in [3.63, 3.8) is 0 Å². The summed E-state index contributed by atoms with van der Waals surface area (Å²) in [5.74, 6) is 0. The van der Waals surface area contributed by atoms with Crippen molar-refractivity contribution >= 4 is 23.0 Å². The van der Waals surface area contributed by atoms with Crippen molar-refractivity contribution in [3.05, 3.63) is 44.5 Å². The van der Waals surface area contributed by atoms with Gasteiger partial charge in [-0.05, 0) is 25.8 Å². The molecular formula is C17H24ClN3O2. The van der Waals surface area contributed by atoms with E-state index in [2.05, 4.69) is 37.1 Å². The molecule has 0 bridgehead atoms. The lowest BCUT2D eigenvalue weighted by Gasteiger charge is -2.25. The Morgan fingerprint density at radius 1 is 1.48 bits per heavy atom. The number of rotatable bonds is 5. The minimum Gasteiger partial charge on any atom is -0.378 e. The van der Waals surface area contributed by atoms with E-state index < -0.39 is 0 Å². The molecule has 0 amide bonds. The van der Waals surface area contributed by atoms with Gasteiger partial charge in [-0.3, -0.25) is 15.0 Å². The largest absolute Gasteiger partial charge is 0.378 e. The Bertz CT molecular complexity index is 610. The van der Waals surface area contributed by atoms with Crippen molar-refractivity contribution < 1.29 is 4.92 Å². The van der Waals surface area contributed by atoms with Crippen LogP contribution in [0.4, 0.5) is 11.4 Å². The van der Waals surface area contributed by atoms with Gasteiger partial charge in [0.05, 0.1) is 4.92 Å². The van der Waals surface area contributed by atoms with Crippen molar-refractivity contribution in [3.8, 4) is 0 Å². The maximum Gasteiger partial charge on any atom is 0.292 e. The maximum atomic E-state index is 11.3. The van der Waals surface area contributed by atoms with Gasteiger partial charge in [0, 0.05) is 42.3 Å². The van der Waals surface area contributed by atoms with Crippen LogP contribution < -0.4 is 5.32 Å². The molecule has 2 rings (SSSR count). The van der Waals surface area contributed by atoms with E-state index in [1.165, 1.54) is 11.6 Å². The van der Waals surface area contributed by atoms with Gasteiger partial charge in [0.25, 0.3) is 5.69 Å². The minimum atomic E-state index is -0.353. The summed E-state index contributed by atoms with van der Waals surface area (Å²) in [5.41, 5.74) is 2.90. The molecule has 1 aliphatic heterocycles. The van der Waals surface area contributed by atoms with Gasteiger partial charge in [-0.2, -0.15) is 0 Å². The van der Waals surface area contributed by atoms with E-state index in [0.29, 0.717) is 23.8 Å². The fraction of sp³-hybridized carbons (Fsp3) is 0.529. The first-order valence-corrected chi connectivity index (χ1v) is 8.47. The Labute approximate surface area is 142 Å². The van der Waals surface area contributed by atoms with Crippen LogP contribution in [0.3, 0.4) is 0 Å². The molecule has 0 saturated heterocycles. The second kappa shape index (κ2) is 7.79. The summed E-state index contributed by atoms with van der Waals surface area (Å²) in [5, 5.41) is 15.1. The summed E-state index contributed by atoms with van der Waals surface area (Å²) in [6, 6.07) is 3.36. The fourth-order valence-corrected chi connectivity index (χ4v) is 3.10. The highest BCUT2D eigenvalue weighted by molar-refractivity contribution is 6.32. The smallest absolute Gasteiger partial charge is 0.292 e. The molecule has 1 heterocycles. The third-order valence-corrected chi connectivity index (χ3v) is 4.87. The SMILES string of the molecule is CCC(=CCN1Cc2c(Cl)ccc([N+](=O)[O-])c2NC[C@@H]1C)CC. The number of allylic oxidation sites excluding steroid dienone is 1. The Morgan fingerprint density at radius 3 is 2.78 bits per heavy atom. The van der Waals surface area contributed by atoms with Gasteiger partial charge < -0.3 is 5.32 Å². The summed E-state index contributed by atoms with van der Waals surface area (Å²) in [4.78, 5) is 13.2. The molecule has 23 heavy (non-hydrogen) atoms. The Balaban J connectivity index is 2.32. The second-order valence-electron chi connectivity index (χ2n) is 5.91. The third kappa shape index (κ3) is 4.03. The highest BCUT2D eigenvalue weighted by atomic mass is 35.5. The molecule has 0 spiro atoms. The second-order valence-corrected chi connectivity index (χ2v) is 6.31. The van der Waals surface area contributed by atoms with Crippen LogP contribution in [0.5, 0.6) is 0 Å². The molecule has 1 aliphatic rings. The van der Waals surface area contributed by atoms with E-state index in [9.17, 15) is 10.1 Å². The van der Waals surface area contributed by atoms with Gasteiger partial charge in [-0.15, -0.1) is 0 Å². The molecule has 6 heteroatoms. The van der Waals surface area contributed by atoms with Crippen LogP contribution >= 0.6 is 11.6 Å². The van der Waals surface area contributed by atoms with Crippen LogP contribution in [-0.4, -0.2) is 29.0 Å². The fourth-order valence-electron chi connectivity index (χ4n) is 2.88. The lowest BCUT2D eigenvalue weighted by molar-refractivity contribution is -0.384. The molecule has 0 saturated carbocycles. The molecule has 0 aromatic heterocycles. The maximum absolute atomic E-state index is 11.3. The van der Waals surface area contributed by atoms with Crippen molar-refractivity contribution in [1.29, 1.82) is 0 Å². The number of hydrogen-bond acceptors (Lipinski definition) is 4. The predicted octanol–water partition coefficient (Wildman–Crippen LogP) is 4.61. The highest BCUT2D eigenvalue weighted by Crippen LogP contribution is 2.36. The lowest BCUT2D eigenvalue weighted by atomic mass is 10.1. The van der Waals surface area contributed by atoms with Gasteiger partial charge in [-0.1, -0.05) is 37.1 Å². The van der Waals surface area contributed by atoms with Crippen LogP contribution in [0.2, 0.25) is 5.02 Å². The molecule has 126 valence electrons. The van der Waals surface area contributed by atoms with Crippen molar-refractivity contribution in [2.45, 2.75) is 46.2 Å². The first-order chi connectivity index (χ1) is 11.0. The van der Waals surface area contributed by atoms with Crippen LogP contribution in [0.25, 0.3) is 0 Å². The zero-order valence-corrected chi connectivity index (χ0v) is 14.7. The first-order valence-electron chi connectivity index (χ1n) is 8.09. The van der Waals surface area contributed by atoms with Gasteiger partial charge in [-0.25, -0.2) is 0 Å². The summed E-state index contributed by atoms with van der Waals surface area (Å²) in [6.07, 6.45) is 4.38. The van der Waals surface area contributed by atoms with Gasteiger partial charge in [0.1, 0.15) is 5.69 Å². The number of nitrogens with one attached hydrogen (secondary N) is 1. The molecule has 0 aliphatic carbocycles. The molecule has 1 aromatic rings. The number of hydrogen-bond donors (Lipinski definition) is 1. The van der Waals surface area contributed by atoms with Gasteiger partial charge in [0.2, 0.25) is 0 Å². The van der Waals surface area contributed by atoms with E-state index in [4.69, 9.17) is 11.6 Å². The number of halogens is 1. The number of nitro benzene ring substituents is 1. The van der Waals surface area contributed by atoms with Crippen molar-refractivity contribution in [1.82, 2.24) is 4.90 Å². The standard InChI is InChI=1S/C17H24ClN3O2/c1-4-13(5-2)8-9-20-11-14-15(18)6-7-16(21(22)23)17(14)19-10-12(20)3/h6-8,12,19H,4-5,9-11H2,1-3H3/t12-/m0/s1. The molecule has 0 unspecified atom stereocenters. The van der Waals surface area contributed by atoms with Crippen LogP contribution in [-0.2, 0) is 6.54 Å². The zero-order valence-electron chi connectivity index (χ0n) is 13.9. The molecule has 1 aromatic carbocycles. The summed E-state index contributed by atoms with van der Waals surface area (Å²) in [7, 11) is 0. The first kappa shape index (κ1) is 17.8. The molecule has 1 N–H and O–H groups in total. The number of nitro groups is 1. The van der Waals surface area contributed by atoms with E-state index in [1.807, 2.05) is 0 Å². The van der Waals surface area contributed by atoms with Crippen molar-refractivity contribution in [2.24, 2.45) is 0 Å². The van der Waals surface area contributed by atoms with E-state index in [1.54, 1.807) is 6.07 Å². The summed E-state index contributed by atoms with van der Waals surface area (Å²) < 4.78 is 0. The van der Waals surface area contributed by atoms with E-state index in [0.717, 1.165) is 24.9 Å². The monoisotopic (exact) mass is 337 g/mol. The quantitative estimate of drug-likeness (QED) is 0.484. The topological polar surface area (TPSA) is 58.4 Å². The molecule has 1 atom stereocenters. The highest BCUT2D eigenvalue weighted by Gasteiger charge is 2.27. The predicted molar refractivity (Wildman–Crippen MR) is 95.1 cm³/mol. The number of benzene rings is 1. The van der Waals surface area contributed by atoms with E-state index in [-0.39, 0.29) is 16.7 Å². The Morgan fingerprint density at radius 2 is 2.17 bits per heavy atom. The molecular weight excluding hydrogens is 314 g/mol. The normalized spacial score (nSPS) is 17.8. The number of nitrogens with zero attached hydrogens (tertiary/aromatic N) is 2. The summed E-state index contributed by atoms with van der Waals surface area (Å²) in [6.45, 7) is 8.57. The van der Waals surface area contributed by atoms with Gasteiger partial charge in [0.15, 0.2) is 0 Å². The lowest BCUT2D eigenvalue weighted by Crippen LogP contribution is -2.35. The number of fused-ring (bicyclic) bond motifs is 1. The molecule has 0 radical (unpaired) electrons. The van der Waals surface area contributed by atoms with Crippen LogP contribution in [0.1, 0.15) is 39.2 Å². The Kier molecular flexibility index (Phi) is 6.02. The zero-order chi connectivity index (χ0) is 17.0. The van der Waals surface area contributed by atoms with E-state index >= 15 is 0 Å². The van der Waals surface area contributed by atoms with Crippen molar-refractivity contribution in [2.75, 3.05) is 18.4 Å². The summed E-state index contributed by atoms with van der Waals surface area (Å²) >= 11 is 6.32. The average Bonchev–Trinajstić information content (AvgIpc) is 2.69. The molecule has 5 nitrogen and oxygen atoms in total.